The van der Waals surface area contributed by atoms with Gasteiger partial charge in [-0.3, -0.25) is 4.79 Å². The van der Waals surface area contributed by atoms with Crippen molar-refractivity contribution in [3.8, 4) is 0 Å². The van der Waals surface area contributed by atoms with Crippen LogP contribution in [0, 0.1) is 6.92 Å². The standard InChI is InChI=1S/C16H25NO2/c1-12-8-6-7-9-14(12)10-11-17-13(2)15(18)19-16(3,4)5/h6-9,13,17H,10-11H2,1-5H3. The average molecular weight is 263 g/mol. The second-order valence-electron chi connectivity index (χ2n) is 5.89. The van der Waals surface area contributed by atoms with Crippen LogP contribution in [0.5, 0.6) is 0 Å². The van der Waals surface area contributed by atoms with Gasteiger partial charge in [0, 0.05) is 0 Å². The van der Waals surface area contributed by atoms with Gasteiger partial charge in [-0.25, -0.2) is 0 Å². The molecule has 1 aromatic carbocycles. The largest absolute Gasteiger partial charge is 0.459 e. The molecule has 0 spiro atoms. The molecule has 19 heavy (non-hydrogen) atoms. The van der Waals surface area contributed by atoms with Gasteiger partial charge in [0.15, 0.2) is 0 Å². The maximum absolute atomic E-state index is 11.8. The topological polar surface area (TPSA) is 38.3 Å². The molecule has 0 radical (unpaired) electrons. The third-order valence-corrected chi connectivity index (χ3v) is 2.87. The zero-order valence-corrected chi connectivity index (χ0v) is 12.6. The molecule has 0 saturated carbocycles. The number of ether oxygens (including phenoxy) is 1. The monoisotopic (exact) mass is 263 g/mol. The van der Waals surface area contributed by atoms with Crippen molar-refractivity contribution < 1.29 is 9.53 Å². The van der Waals surface area contributed by atoms with Crippen molar-refractivity contribution >= 4 is 5.97 Å². The van der Waals surface area contributed by atoms with Crippen molar-refractivity contribution in [2.75, 3.05) is 6.54 Å². The fourth-order valence-corrected chi connectivity index (χ4v) is 1.79. The first-order valence-electron chi connectivity index (χ1n) is 6.80. The number of carbonyl (C=O) groups excluding carboxylic acids is 1. The number of hydrogen-bond donors (Lipinski definition) is 1. The Bertz CT molecular complexity index is 421. The molecule has 0 amide bonds. The van der Waals surface area contributed by atoms with E-state index in [4.69, 9.17) is 4.74 Å². The van der Waals surface area contributed by atoms with Gasteiger partial charge >= 0.3 is 5.97 Å². The Labute approximate surface area is 116 Å². The SMILES string of the molecule is Cc1ccccc1CCNC(C)C(=O)OC(C)(C)C. The van der Waals surface area contributed by atoms with Crippen molar-refractivity contribution in [1.82, 2.24) is 5.32 Å². The lowest BCUT2D eigenvalue weighted by atomic mass is 10.1. The van der Waals surface area contributed by atoms with Crippen LogP contribution < -0.4 is 5.32 Å². The maximum atomic E-state index is 11.8. The van der Waals surface area contributed by atoms with Crippen LogP contribution in [0.15, 0.2) is 24.3 Å². The van der Waals surface area contributed by atoms with E-state index in [2.05, 4.69) is 24.4 Å². The van der Waals surface area contributed by atoms with E-state index in [-0.39, 0.29) is 12.0 Å². The van der Waals surface area contributed by atoms with Crippen molar-refractivity contribution in [3.63, 3.8) is 0 Å². The van der Waals surface area contributed by atoms with Gasteiger partial charge in [0.2, 0.25) is 0 Å². The molecule has 106 valence electrons. The molecule has 3 heteroatoms. The second-order valence-corrected chi connectivity index (χ2v) is 5.89. The van der Waals surface area contributed by atoms with E-state index in [0.29, 0.717) is 0 Å². The van der Waals surface area contributed by atoms with Gasteiger partial charge in [-0.15, -0.1) is 0 Å². The molecule has 0 aliphatic rings. The van der Waals surface area contributed by atoms with E-state index < -0.39 is 5.60 Å². The van der Waals surface area contributed by atoms with Gasteiger partial charge in [0.25, 0.3) is 0 Å². The smallest absolute Gasteiger partial charge is 0.323 e. The highest BCUT2D eigenvalue weighted by Gasteiger charge is 2.20. The molecule has 0 bridgehead atoms. The van der Waals surface area contributed by atoms with Crippen LogP contribution in [0.2, 0.25) is 0 Å². The van der Waals surface area contributed by atoms with Crippen LogP contribution >= 0.6 is 0 Å². The molecule has 1 unspecified atom stereocenters. The van der Waals surface area contributed by atoms with E-state index in [1.165, 1.54) is 11.1 Å². The highest BCUT2D eigenvalue weighted by Crippen LogP contribution is 2.09. The molecule has 1 atom stereocenters. The Morgan fingerprint density at radius 2 is 1.95 bits per heavy atom. The number of hydrogen-bond acceptors (Lipinski definition) is 3. The molecule has 0 heterocycles. The van der Waals surface area contributed by atoms with E-state index in [1.807, 2.05) is 39.8 Å². The third-order valence-electron chi connectivity index (χ3n) is 2.87. The van der Waals surface area contributed by atoms with Crippen LogP contribution in [0.4, 0.5) is 0 Å². The Morgan fingerprint density at radius 1 is 1.32 bits per heavy atom. The van der Waals surface area contributed by atoms with Crippen LogP contribution in [-0.2, 0) is 16.0 Å². The fraction of sp³-hybridized carbons (Fsp3) is 0.562. The number of benzene rings is 1. The Balaban J connectivity index is 2.37. The summed E-state index contributed by atoms with van der Waals surface area (Å²) in [7, 11) is 0. The van der Waals surface area contributed by atoms with E-state index in [0.717, 1.165) is 13.0 Å². The molecule has 0 saturated heterocycles. The molecule has 1 rings (SSSR count). The summed E-state index contributed by atoms with van der Waals surface area (Å²) < 4.78 is 5.32. The summed E-state index contributed by atoms with van der Waals surface area (Å²) >= 11 is 0. The normalized spacial score (nSPS) is 13.1. The van der Waals surface area contributed by atoms with Gasteiger partial charge in [-0.2, -0.15) is 0 Å². The molecule has 0 fully saturated rings. The minimum atomic E-state index is -0.428. The van der Waals surface area contributed by atoms with Crippen LogP contribution in [0.25, 0.3) is 0 Å². The summed E-state index contributed by atoms with van der Waals surface area (Å²) in [5.74, 6) is -0.197. The zero-order chi connectivity index (χ0) is 14.5. The van der Waals surface area contributed by atoms with E-state index >= 15 is 0 Å². The Hall–Kier alpha value is -1.35. The average Bonchev–Trinajstić information content (AvgIpc) is 2.29. The lowest BCUT2D eigenvalue weighted by Crippen LogP contribution is -2.40. The molecule has 0 aliphatic heterocycles. The van der Waals surface area contributed by atoms with Gasteiger partial charge in [-0.05, 0) is 58.7 Å². The number of esters is 1. The molecule has 0 aromatic heterocycles. The van der Waals surface area contributed by atoms with Crippen molar-refractivity contribution in [2.45, 2.75) is 52.7 Å². The van der Waals surface area contributed by atoms with Crippen molar-refractivity contribution in [3.05, 3.63) is 35.4 Å². The number of rotatable bonds is 5. The molecule has 1 N–H and O–H groups in total. The molecule has 1 aromatic rings. The van der Waals surface area contributed by atoms with Gasteiger partial charge < -0.3 is 10.1 Å². The Kier molecular flexibility index (Phi) is 5.55. The number of carbonyl (C=O) groups is 1. The first-order chi connectivity index (χ1) is 8.79. The molecule has 0 aliphatic carbocycles. The molecular formula is C16H25NO2. The van der Waals surface area contributed by atoms with Gasteiger partial charge in [-0.1, -0.05) is 24.3 Å². The van der Waals surface area contributed by atoms with E-state index in [9.17, 15) is 4.79 Å². The highest BCUT2D eigenvalue weighted by molar-refractivity contribution is 5.75. The van der Waals surface area contributed by atoms with Crippen LogP contribution in [0.3, 0.4) is 0 Å². The summed E-state index contributed by atoms with van der Waals surface area (Å²) in [4.78, 5) is 11.8. The van der Waals surface area contributed by atoms with E-state index in [1.54, 1.807) is 0 Å². The van der Waals surface area contributed by atoms with Crippen molar-refractivity contribution in [2.24, 2.45) is 0 Å². The number of nitrogens with one attached hydrogen (secondary N) is 1. The van der Waals surface area contributed by atoms with Crippen LogP contribution in [-0.4, -0.2) is 24.2 Å². The zero-order valence-electron chi connectivity index (χ0n) is 12.6. The molecule has 3 nitrogen and oxygen atoms in total. The highest BCUT2D eigenvalue weighted by atomic mass is 16.6. The van der Waals surface area contributed by atoms with Crippen LogP contribution in [0.1, 0.15) is 38.8 Å². The first kappa shape index (κ1) is 15.7. The summed E-state index contributed by atoms with van der Waals surface area (Å²) in [6.45, 7) is 10.4. The summed E-state index contributed by atoms with van der Waals surface area (Å²) in [5, 5.41) is 3.21. The summed E-state index contributed by atoms with van der Waals surface area (Å²) in [5.41, 5.74) is 2.17. The van der Waals surface area contributed by atoms with Crippen molar-refractivity contribution in [1.29, 1.82) is 0 Å². The quantitative estimate of drug-likeness (QED) is 0.830. The minimum absolute atomic E-state index is 0.197. The van der Waals surface area contributed by atoms with Gasteiger partial charge in [0.1, 0.15) is 11.6 Å². The second kappa shape index (κ2) is 6.71. The lowest BCUT2D eigenvalue weighted by Gasteiger charge is -2.22. The van der Waals surface area contributed by atoms with Gasteiger partial charge in [0.05, 0.1) is 0 Å². The first-order valence-corrected chi connectivity index (χ1v) is 6.80. The predicted octanol–water partition coefficient (Wildman–Crippen LogP) is 2.86. The lowest BCUT2D eigenvalue weighted by molar-refractivity contribution is -0.156. The number of aryl methyl sites for hydroxylation is 1. The minimum Gasteiger partial charge on any atom is -0.459 e. The predicted molar refractivity (Wildman–Crippen MR) is 78.2 cm³/mol. The maximum Gasteiger partial charge on any atom is 0.323 e. The Morgan fingerprint density at radius 3 is 2.53 bits per heavy atom. The third kappa shape index (κ3) is 5.88. The fourth-order valence-electron chi connectivity index (χ4n) is 1.79. The molecular weight excluding hydrogens is 238 g/mol. The summed E-state index contributed by atoms with van der Waals surface area (Å²) in [6.07, 6.45) is 0.916. The summed E-state index contributed by atoms with van der Waals surface area (Å²) in [6, 6.07) is 8.03.